The van der Waals surface area contributed by atoms with E-state index in [1.807, 2.05) is 12.1 Å². The van der Waals surface area contributed by atoms with Crippen molar-refractivity contribution in [2.45, 2.75) is 25.4 Å². The van der Waals surface area contributed by atoms with Gasteiger partial charge in [-0.25, -0.2) is 0 Å². The van der Waals surface area contributed by atoms with Crippen molar-refractivity contribution in [2.75, 3.05) is 35.0 Å². The summed E-state index contributed by atoms with van der Waals surface area (Å²) in [6, 6.07) is 6.14. The second-order valence-corrected chi connectivity index (χ2v) is 6.91. The fraction of sp³-hybridized carbons (Fsp3) is 0.429. The van der Waals surface area contributed by atoms with Gasteiger partial charge in [-0.1, -0.05) is 6.07 Å². The van der Waals surface area contributed by atoms with Gasteiger partial charge in [0, 0.05) is 30.3 Å². The van der Waals surface area contributed by atoms with Crippen LogP contribution in [0.2, 0.25) is 0 Å². The van der Waals surface area contributed by atoms with E-state index in [0.29, 0.717) is 11.5 Å². The largest absolute Gasteiger partial charge is 0.504 e. The van der Waals surface area contributed by atoms with Gasteiger partial charge in [0.25, 0.3) is 0 Å². The maximum Gasteiger partial charge on any atom is 0.203 e. The Morgan fingerprint density at radius 1 is 0.926 bits per heavy atom. The minimum absolute atomic E-state index is 0.0964. The van der Waals surface area contributed by atoms with Crippen LogP contribution in [0.4, 0.5) is 0 Å². The molecule has 27 heavy (non-hydrogen) atoms. The van der Waals surface area contributed by atoms with E-state index < -0.39 is 0 Å². The lowest BCUT2D eigenvalue weighted by Gasteiger charge is -2.42. The molecule has 0 spiro atoms. The molecule has 144 valence electrons. The molecule has 0 saturated carbocycles. The summed E-state index contributed by atoms with van der Waals surface area (Å²) in [5.74, 6) is 2.71. The van der Waals surface area contributed by atoms with Crippen LogP contribution in [-0.2, 0) is 19.4 Å². The molecule has 2 aliphatic rings. The Labute approximate surface area is 159 Å². The number of phenolic OH excluding ortho intramolecular Hbond substituents is 1. The van der Waals surface area contributed by atoms with E-state index in [-0.39, 0.29) is 11.8 Å². The Bertz CT molecular complexity index is 880. The van der Waals surface area contributed by atoms with Gasteiger partial charge < -0.3 is 24.1 Å². The van der Waals surface area contributed by atoms with Crippen molar-refractivity contribution in [2.24, 2.45) is 0 Å². The molecule has 2 aromatic carbocycles. The third-order valence-corrected chi connectivity index (χ3v) is 5.73. The maximum atomic E-state index is 10.9. The molecule has 0 aliphatic carbocycles. The van der Waals surface area contributed by atoms with Gasteiger partial charge >= 0.3 is 0 Å². The Morgan fingerprint density at radius 2 is 1.67 bits per heavy atom. The van der Waals surface area contributed by atoms with Gasteiger partial charge in [0.1, 0.15) is 0 Å². The molecule has 0 radical (unpaired) electrons. The lowest BCUT2D eigenvalue weighted by atomic mass is 9.83. The number of methoxy groups -OCH3 is 4. The van der Waals surface area contributed by atoms with Crippen molar-refractivity contribution in [3.8, 4) is 28.7 Å². The Morgan fingerprint density at radius 3 is 2.33 bits per heavy atom. The highest BCUT2D eigenvalue weighted by molar-refractivity contribution is 5.61. The third-order valence-electron chi connectivity index (χ3n) is 5.73. The van der Waals surface area contributed by atoms with Crippen LogP contribution >= 0.6 is 0 Å². The molecule has 0 bridgehead atoms. The van der Waals surface area contributed by atoms with Gasteiger partial charge in [-0.3, -0.25) is 4.90 Å². The Kier molecular flexibility index (Phi) is 4.52. The first-order valence-corrected chi connectivity index (χ1v) is 9.06. The number of rotatable bonds is 4. The molecule has 6 heteroatoms. The highest BCUT2D eigenvalue weighted by atomic mass is 16.5. The van der Waals surface area contributed by atoms with Crippen LogP contribution in [0.3, 0.4) is 0 Å². The zero-order valence-corrected chi connectivity index (χ0v) is 16.2. The molecule has 0 aromatic heterocycles. The van der Waals surface area contributed by atoms with Crippen LogP contribution in [0.1, 0.15) is 28.3 Å². The second kappa shape index (κ2) is 6.85. The van der Waals surface area contributed by atoms with Gasteiger partial charge in [-0.15, -0.1) is 0 Å². The molecule has 1 atom stereocenters. The fourth-order valence-electron chi connectivity index (χ4n) is 4.45. The number of phenols is 1. The normalized spacial score (nSPS) is 18.1. The number of hydrogen-bond donors (Lipinski definition) is 1. The van der Waals surface area contributed by atoms with Crippen LogP contribution in [0.15, 0.2) is 18.2 Å². The average molecular weight is 371 g/mol. The Hall–Kier alpha value is -2.60. The number of nitrogens with zero attached hydrogens (tertiary/aromatic N) is 1. The molecular formula is C21H25NO5. The molecule has 0 unspecified atom stereocenters. The van der Waals surface area contributed by atoms with Crippen LogP contribution in [0.5, 0.6) is 28.7 Å². The fourth-order valence-corrected chi connectivity index (χ4v) is 4.45. The van der Waals surface area contributed by atoms with Crippen molar-refractivity contribution in [1.82, 2.24) is 4.90 Å². The molecule has 0 amide bonds. The summed E-state index contributed by atoms with van der Waals surface area (Å²) in [4.78, 5) is 2.39. The summed E-state index contributed by atoms with van der Waals surface area (Å²) in [7, 11) is 6.48. The lowest BCUT2D eigenvalue weighted by molar-refractivity contribution is 0.153. The summed E-state index contributed by atoms with van der Waals surface area (Å²) in [6.07, 6.45) is 1.65. The van der Waals surface area contributed by atoms with Crippen LogP contribution < -0.4 is 18.9 Å². The highest BCUT2D eigenvalue weighted by Crippen LogP contribution is 2.50. The van der Waals surface area contributed by atoms with E-state index in [4.69, 9.17) is 18.9 Å². The summed E-state index contributed by atoms with van der Waals surface area (Å²) in [6.45, 7) is 1.67. The van der Waals surface area contributed by atoms with Gasteiger partial charge in [0.05, 0.1) is 28.4 Å². The van der Waals surface area contributed by atoms with Crippen LogP contribution in [0.25, 0.3) is 0 Å². The molecule has 2 heterocycles. The monoisotopic (exact) mass is 371 g/mol. The summed E-state index contributed by atoms with van der Waals surface area (Å²) < 4.78 is 21.9. The number of fused-ring (bicyclic) bond motifs is 4. The predicted octanol–water partition coefficient (Wildman–Crippen LogP) is 3.08. The lowest BCUT2D eigenvalue weighted by Crippen LogP contribution is -2.39. The first kappa shape index (κ1) is 17.8. The smallest absolute Gasteiger partial charge is 0.203 e. The molecule has 2 aromatic rings. The first-order valence-electron chi connectivity index (χ1n) is 9.06. The van der Waals surface area contributed by atoms with Gasteiger partial charge in [-0.2, -0.15) is 0 Å². The molecule has 2 aliphatic heterocycles. The third kappa shape index (κ3) is 2.67. The van der Waals surface area contributed by atoms with E-state index in [1.54, 1.807) is 28.4 Å². The van der Waals surface area contributed by atoms with Crippen molar-refractivity contribution in [3.63, 3.8) is 0 Å². The quantitative estimate of drug-likeness (QED) is 0.891. The van der Waals surface area contributed by atoms with E-state index in [2.05, 4.69) is 11.0 Å². The summed E-state index contributed by atoms with van der Waals surface area (Å²) in [5.41, 5.74) is 4.45. The zero-order valence-electron chi connectivity index (χ0n) is 16.2. The zero-order chi connectivity index (χ0) is 19.1. The standard InChI is InChI=1S/C21H25NO5/c1-24-16-6-5-12-9-15-18-13(10-17(25-2)21(27-4)19(18)23)7-8-22(15)11-14(12)20(16)26-3/h5-6,10,15,23H,7-9,11H2,1-4H3/t15-/m1/s1. The minimum atomic E-state index is 0.0964. The minimum Gasteiger partial charge on any atom is -0.504 e. The van der Waals surface area contributed by atoms with E-state index in [9.17, 15) is 5.11 Å². The Balaban J connectivity index is 1.81. The molecule has 6 nitrogen and oxygen atoms in total. The topological polar surface area (TPSA) is 60.4 Å². The van der Waals surface area contributed by atoms with Crippen molar-refractivity contribution < 1.29 is 24.1 Å². The number of aromatic hydroxyl groups is 1. The molecule has 0 saturated heterocycles. The number of ether oxygens (including phenoxy) is 4. The first-order chi connectivity index (χ1) is 13.1. The van der Waals surface area contributed by atoms with Gasteiger partial charge in [0.15, 0.2) is 23.0 Å². The average Bonchev–Trinajstić information content (AvgIpc) is 2.70. The van der Waals surface area contributed by atoms with Crippen molar-refractivity contribution >= 4 is 0 Å². The molecule has 1 N–H and O–H groups in total. The van der Waals surface area contributed by atoms with Crippen LogP contribution in [-0.4, -0.2) is 45.0 Å². The predicted molar refractivity (Wildman–Crippen MR) is 101 cm³/mol. The molecular weight excluding hydrogens is 346 g/mol. The molecule has 4 rings (SSSR count). The highest BCUT2D eigenvalue weighted by Gasteiger charge is 2.37. The number of hydrogen-bond acceptors (Lipinski definition) is 6. The van der Waals surface area contributed by atoms with Crippen molar-refractivity contribution in [3.05, 3.63) is 40.5 Å². The second-order valence-electron chi connectivity index (χ2n) is 6.91. The van der Waals surface area contributed by atoms with Crippen LogP contribution in [0, 0.1) is 0 Å². The van der Waals surface area contributed by atoms with E-state index in [1.165, 1.54) is 5.56 Å². The number of benzene rings is 2. The SMILES string of the molecule is COc1cc2c(c(O)c1OC)[C@H]1Cc3ccc(OC)c(OC)c3CN1CC2. The summed E-state index contributed by atoms with van der Waals surface area (Å²) >= 11 is 0. The van der Waals surface area contributed by atoms with Gasteiger partial charge in [0.2, 0.25) is 5.75 Å². The van der Waals surface area contributed by atoms with Gasteiger partial charge in [-0.05, 0) is 36.1 Å². The van der Waals surface area contributed by atoms with E-state index >= 15 is 0 Å². The van der Waals surface area contributed by atoms with E-state index in [0.717, 1.165) is 54.1 Å². The molecule has 0 fully saturated rings. The maximum absolute atomic E-state index is 10.9. The van der Waals surface area contributed by atoms with Crippen molar-refractivity contribution in [1.29, 1.82) is 0 Å². The summed E-state index contributed by atoms with van der Waals surface area (Å²) in [5, 5.41) is 10.9.